The third kappa shape index (κ3) is 3.76. The van der Waals surface area contributed by atoms with Gasteiger partial charge in [0, 0.05) is 29.0 Å². The lowest BCUT2D eigenvalue weighted by Gasteiger charge is -2.11. The number of hydrogen-bond acceptors (Lipinski definition) is 5. The second-order valence-corrected chi connectivity index (χ2v) is 8.90. The molecule has 2 aromatic heterocycles. The van der Waals surface area contributed by atoms with Crippen LogP contribution in [0.1, 0.15) is 39.2 Å². The fourth-order valence-corrected chi connectivity index (χ4v) is 5.37. The van der Waals surface area contributed by atoms with E-state index in [9.17, 15) is 14.4 Å². The van der Waals surface area contributed by atoms with Crippen LogP contribution in [0.2, 0.25) is 0 Å². The Kier molecular flexibility index (Phi) is 5.41. The predicted octanol–water partition coefficient (Wildman–Crippen LogP) is 4.21. The predicted molar refractivity (Wildman–Crippen MR) is 125 cm³/mol. The third-order valence-corrected chi connectivity index (χ3v) is 6.95. The monoisotopic (exact) mass is 443 g/mol. The van der Waals surface area contributed by atoms with E-state index in [0.29, 0.717) is 22.2 Å². The molecule has 5 rings (SSSR count). The number of amides is 1. The lowest BCUT2D eigenvalue weighted by atomic mass is 10.0. The fraction of sp³-hybridized carbons (Fsp3) is 0.200. The zero-order valence-electron chi connectivity index (χ0n) is 17.3. The Morgan fingerprint density at radius 2 is 1.81 bits per heavy atom. The summed E-state index contributed by atoms with van der Waals surface area (Å²) in [5.74, 6) is -0.417. The first-order chi connectivity index (χ1) is 15.6. The Bertz CT molecular complexity index is 1390. The number of carbonyl (C=O) groups excluding carboxylic acids is 2. The molecule has 1 aliphatic rings. The van der Waals surface area contributed by atoms with E-state index < -0.39 is 0 Å². The molecule has 0 saturated carbocycles. The largest absolute Gasteiger partial charge is 0.325 e. The summed E-state index contributed by atoms with van der Waals surface area (Å²) in [4.78, 5) is 45.0. The van der Waals surface area contributed by atoms with E-state index in [-0.39, 0.29) is 30.2 Å². The number of hydrogen-bond donors (Lipinski definition) is 1. The molecule has 0 atom stereocenters. The van der Waals surface area contributed by atoms with Crippen LogP contribution in [0.3, 0.4) is 0 Å². The summed E-state index contributed by atoms with van der Waals surface area (Å²) >= 11 is 1.60. The summed E-state index contributed by atoms with van der Waals surface area (Å²) in [6.07, 6.45) is 4.64. The number of nitrogens with zero attached hydrogens (tertiary/aromatic N) is 2. The molecule has 0 spiro atoms. The van der Waals surface area contributed by atoms with Gasteiger partial charge < -0.3 is 5.32 Å². The molecular formula is C25H21N3O3S. The second kappa shape index (κ2) is 8.51. The van der Waals surface area contributed by atoms with E-state index >= 15 is 0 Å². The third-order valence-electron chi connectivity index (χ3n) is 5.75. The smallest absolute Gasteiger partial charge is 0.262 e. The van der Waals surface area contributed by atoms with Gasteiger partial charge in [0.1, 0.15) is 4.83 Å². The van der Waals surface area contributed by atoms with Gasteiger partial charge in [-0.25, -0.2) is 4.98 Å². The molecule has 32 heavy (non-hydrogen) atoms. The maximum atomic E-state index is 13.0. The van der Waals surface area contributed by atoms with Crippen molar-refractivity contribution < 1.29 is 9.59 Å². The molecule has 160 valence electrons. The zero-order chi connectivity index (χ0) is 22.1. The molecule has 7 heteroatoms. The van der Waals surface area contributed by atoms with Crippen LogP contribution in [0.15, 0.2) is 65.7 Å². The number of rotatable bonds is 6. The highest BCUT2D eigenvalue weighted by Gasteiger charge is 2.21. The lowest BCUT2D eigenvalue weighted by molar-refractivity contribution is -0.116. The van der Waals surface area contributed by atoms with Gasteiger partial charge in [-0.3, -0.25) is 19.0 Å². The van der Waals surface area contributed by atoms with Crippen molar-refractivity contribution >= 4 is 38.9 Å². The van der Waals surface area contributed by atoms with Crippen molar-refractivity contribution in [2.45, 2.75) is 32.2 Å². The number of aryl methyl sites for hydroxylation is 3. The van der Waals surface area contributed by atoms with Crippen LogP contribution in [-0.4, -0.2) is 21.2 Å². The van der Waals surface area contributed by atoms with Gasteiger partial charge in [-0.15, -0.1) is 11.3 Å². The first-order valence-corrected chi connectivity index (χ1v) is 11.4. The Morgan fingerprint density at radius 3 is 2.66 bits per heavy atom. The molecule has 1 amide bonds. The van der Waals surface area contributed by atoms with Gasteiger partial charge in [0.25, 0.3) is 5.56 Å². The average Bonchev–Trinajstić information content (AvgIpc) is 3.40. The van der Waals surface area contributed by atoms with Gasteiger partial charge in [-0.2, -0.15) is 0 Å². The first kappa shape index (κ1) is 20.3. The van der Waals surface area contributed by atoms with Crippen LogP contribution < -0.4 is 10.9 Å². The minimum absolute atomic E-state index is 0.0816. The van der Waals surface area contributed by atoms with E-state index in [2.05, 4.69) is 10.3 Å². The highest BCUT2D eigenvalue weighted by molar-refractivity contribution is 7.18. The van der Waals surface area contributed by atoms with Crippen molar-refractivity contribution in [2.24, 2.45) is 0 Å². The van der Waals surface area contributed by atoms with Crippen LogP contribution in [-0.2, 0) is 24.2 Å². The number of thiophene rings is 1. The van der Waals surface area contributed by atoms with Crippen LogP contribution >= 0.6 is 11.3 Å². The molecule has 0 unspecified atom stereocenters. The topological polar surface area (TPSA) is 81.1 Å². The van der Waals surface area contributed by atoms with Gasteiger partial charge in [0.05, 0.1) is 17.4 Å². The summed E-state index contributed by atoms with van der Waals surface area (Å²) in [5.41, 5.74) is 2.50. The molecule has 1 aliphatic carbocycles. The molecule has 0 fully saturated rings. The van der Waals surface area contributed by atoms with Crippen LogP contribution in [0.5, 0.6) is 0 Å². The lowest BCUT2D eigenvalue weighted by Crippen LogP contribution is -2.24. The Labute approximate surface area is 188 Å². The van der Waals surface area contributed by atoms with E-state index in [4.69, 9.17) is 0 Å². The standard InChI is InChI=1S/C25H21N3O3S/c29-21(27-19-11-5-4-9-17(19)23(30)16-7-2-1-3-8-16)13-14-28-15-26-24-22(25(28)31)18-10-6-12-20(18)32-24/h1-5,7-9,11,15H,6,10,12-14H2,(H,27,29). The van der Waals surface area contributed by atoms with Gasteiger partial charge >= 0.3 is 0 Å². The summed E-state index contributed by atoms with van der Waals surface area (Å²) in [6, 6.07) is 15.9. The molecule has 0 radical (unpaired) electrons. The van der Waals surface area contributed by atoms with Crippen molar-refractivity contribution in [2.75, 3.05) is 5.32 Å². The number of benzene rings is 2. The first-order valence-electron chi connectivity index (χ1n) is 10.6. The van der Waals surface area contributed by atoms with E-state index in [1.54, 1.807) is 59.9 Å². The van der Waals surface area contributed by atoms with Crippen molar-refractivity contribution in [3.63, 3.8) is 0 Å². The van der Waals surface area contributed by atoms with E-state index in [1.807, 2.05) is 6.07 Å². The minimum Gasteiger partial charge on any atom is -0.325 e. The minimum atomic E-state index is -0.263. The maximum Gasteiger partial charge on any atom is 0.262 e. The molecule has 4 aromatic rings. The number of nitrogens with one attached hydrogen (secondary N) is 1. The Morgan fingerprint density at radius 1 is 1.03 bits per heavy atom. The highest BCUT2D eigenvalue weighted by atomic mass is 32.1. The number of carbonyl (C=O) groups is 2. The van der Waals surface area contributed by atoms with Gasteiger partial charge in [0.15, 0.2) is 5.78 Å². The molecule has 1 N–H and O–H groups in total. The molecular weight excluding hydrogens is 422 g/mol. The van der Waals surface area contributed by atoms with E-state index in [0.717, 1.165) is 29.7 Å². The maximum absolute atomic E-state index is 13.0. The summed E-state index contributed by atoms with van der Waals surface area (Å²) in [6.45, 7) is 0.229. The van der Waals surface area contributed by atoms with Crippen molar-refractivity contribution in [3.8, 4) is 0 Å². The van der Waals surface area contributed by atoms with Gasteiger partial charge in [0.2, 0.25) is 5.91 Å². The highest BCUT2D eigenvalue weighted by Crippen LogP contribution is 2.34. The Hall–Kier alpha value is -3.58. The summed E-state index contributed by atoms with van der Waals surface area (Å²) in [5, 5.41) is 3.54. The molecule has 6 nitrogen and oxygen atoms in total. The number of para-hydroxylation sites is 1. The van der Waals surface area contributed by atoms with Crippen molar-refractivity contribution in [1.29, 1.82) is 0 Å². The van der Waals surface area contributed by atoms with Gasteiger partial charge in [-0.05, 0) is 37.0 Å². The number of ketones is 1. The second-order valence-electron chi connectivity index (χ2n) is 7.82. The van der Waals surface area contributed by atoms with Crippen LogP contribution in [0, 0.1) is 0 Å². The number of fused-ring (bicyclic) bond motifs is 3. The normalized spacial score (nSPS) is 12.6. The molecule has 0 aliphatic heterocycles. The quantitative estimate of drug-likeness (QED) is 0.453. The number of aromatic nitrogens is 2. The Balaban J connectivity index is 1.32. The van der Waals surface area contributed by atoms with E-state index in [1.165, 1.54) is 15.8 Å². The summed E-state index contributed by atoms with van der Waals surface area (Å²) in [7, 11) is 0. The molecule has 2 aromatic carbocycles. The number of anilines is 1. The molecule has 0 bridgehead atoms. The fourth-order valence-electron chi connectivity index (χ4n) is 4.15. The molecule has 0 saturated heterocycles. The average molecular weight is 444 g/mol. The SMILES string of the molecule is O=C(CCn1cnc2sc3c(c2c1=O)CCC3)Nc1ccccc1C(=O)c1ccccc1. The van der Waals surface area contributed by atoms with Crippen molar-refractivity contribution in [3.05, 3.63) is 92.8 Å². The van der Waals surface area contributed by atoms with Crippen molar-refractivity contribution in [1.82, 2.24) is 9.55 Å². The molecule has 2 heterocycles. The van der Waals surface area contributed by atoms with Gasteiger partial charge in [-0.1, -0.05) is 42.5 Å². The van der Waals surface area contributed by atoms with Crippen LogP contribution in [0.25, 0.3) is 10.2 Å². The van der Waals surface area contributed by atoms with Crippen LogP contribution in [0.4, 0.5) is 5.69 Å². The summed E-state index contributed by atoms with van der Waals surface area (Å²) < 4.78 is 1.51. The zero-order valence-corrected chi connectivity index (χ0v) is 18.2.